The van der Waals surface area contributed by atoms with Gasteiger partial charge in [0.25, 0.3) is 0 Å². The summed E-state index contributed by atoms with van der Waals surface area (Å²) in [5, 5.41) is 0. The number of unbranched alkanes of at least 4 members (excludes halogenated alkanes) is 1. The van der Waals surface area contributed by atoms with Crippen LogP contribution in [-0.4, -0.2) is 0 Å². The van der Waals surface area contributed by atoms with E-state index in [4.69, 9.17) is 0 Å². The molecule has 0 radical (unpaired) electrons. The number of hydrogen-bond donors (Lipinski definition) is 1. The molecule has 0 heterocycles. The molecule has 0 aliphatic rings. The molecule has 0 atom stereocenters. The zero-order valence-corrected chi connectivity index (χ0v) is 9.77. The zero-order chi connectivity index (χ0) is 10.1. The predicted octanol–water partition coefficient (Wildman–Crippen LogP) is 4.34. The van der Waals surface area contributed by atoms with Crippen LogP contribution in [-0.2, 0) is 6.42 Å². The summed E-state index contributed by atoms with van der Waals surface area (Å²) in [5.41, 5.74) is 1.42. The molecule has 0 saturated carbocycles. The lowest BCUT2D eigenvalue weighted by molar-refractivity contribution is 0.794. The molecule has 0 aliphatic carbocycles. The Morgan fingerprint density at radius 3 is 2.08 bits per heavy atom. The molecule has 0 fully saturated rings. The summed E-state index contributed by atoms with van der Waals surface area (Å²) in [5.74, 6) is 0. The number of aryl methyl sites for hydroxylation is 1. The van der Waals surface area contributed by atoms with E-state index < -0.39 is 0 Å². The molecule has 1 rings (SSSR count). The monoisotopic (exact) mass is 196 g/mol. The fourth-order valence-corrected chi connectivity index (χ4v) is 1.19. The van der Waals surface area contributed by atoms with Gasteiger partial charge in [-0.2, -0.15) is 0 Å². The standard InChI is InChI=1S/C10H14S.C2H6/c1-2-3-4-9-5-7-10(11)8-6-9;1-2/h5-8,11H,2-4H2,1H3;1-2H3. The lowest BCUT2D eigenvalue weighted by Gasteiger charge is -1.98. The van der Waals surface area contributed by atoms with Gasteiger partial charge >= 0.3 is 0 Å². The molecule has 0 aliphatic heterocycles. The van der Waals surface area contributed by atoms with Crippen LogP contribution in [0.15, 0.2) is 29.2 Å². The number of benzene rings is 1. The van der Waals surface area contributed by atoms with Gasteiger partial charge in [0.1, 0.15) is 0 Å². The van der Waals surface area contributed by atoms with Gasteiger partial charge in [0.15, 0.2) is 0 Å². The highest BCUT2D eigenvalue weighted by Crippen LogP contribution is 2.09. The predicted molar refractivity (Wildman–Crippen MR) is 63.7 cm³/mol. The maximum absolute atomic E-state index is 4.22. The average Bonchev–Trinajstić information content (AvgIpc) is 2.20. The van der Waals surface area contributed by atoms with E-state index in [-0.39, 0.29) is 0 Å². The van der Waals surface area contributed by atoms with Gasteiger partial charge in [0.2, 0.25) is 0 Å². The van der Waals surface area contributed by atoms with Gasteiger partial charge in [-0.3, -0.25) is 0 Å². The van der Waals surface area contributed by atoms with E-state index in [2.05, 4.69) is 31.7 Å². The third-order valence-corrected chi connectivity index (χ3v) is 2.05. The van der Waals surface area contributed by atoms with Gasteiger partial charge in [-0.1, -0.05) is 39.3 Å². The van der Waals surface area contributed by atoms with E-state index in [0.717, 1.165) is 4.90 Å². The first-order chi connectivity index (χ1) is 6.33. The summed E-state index contributed by atoms with van der Waals surface area (Å²) in [7, 11) is 0. The molecule has 0 aromatic heterocycles. The van der Waals surface area contributed by atoms with Crippen LogP contribution < -0.4 is 0 Å². The van der Waals surface area contributed by atoms with Crippen LogP contribution in [0, 0.1) is 0 Å². The van der Waals surface area contributed by atoms with Gasteiger partial charge in [0.05, 0.1) is 0 Å². The van der Waals surface area contributed by atoms with Crippen molar-refractivity contribution in [2.24, 2.45) is 0 Å². The van der Waals surface area contributed by atoms with Crippen molar-refractivity contribution in [1.82, 2.24) is 0 Å². The van der Waals surface area contributed by atoms with E-state index in [9.17, 15) is 0 Å². The molecule has 0 saturated heterocycles. The van der Waals surface area contributed by atoms with Gasteiger partial charge in [-0.15, -0.1) is 12.6 Å². The topological polar surface area (TPSA) is 0 Å². The SMILES string of the molecule is CC.CCCCc1ccc(S)cc1. The van der Waals surface area contributed by atoms with Crippen LogP contribution in [0.5, 0.6) is 0 Å². The van der Waals surface area contributed by atoms with Crippen LogP contribution in [0.4, 0.5) is 0 Å². The summed E-state index contributed by atoms with van der Waals surface area (Å²) < 4.78 is 0. The minimum Gasteiger partial charge on any atom is -0.143 e. The Labute approximate surface area is 87.8 Å². The van der Waals surface area contributed by atoms with Crippen LogP contribution in [0.2, 0.25) is 0 Å². The largest absolute Gasteiger partial charge is 0.143 e. The van der Waals surface area contributed by atoms with Crippen LogP contribution >= 0.6 is 12.6 Å². The summed E-state index contributed by atoms with van der Waals surface area (Å²) in [6.45, 7) is 6.22. The van der Waals surface area contributed by atoms with Gasteiger partial charge in [-0.05, 0) is 30.5 Å². The highest BCUT2D eigenvalue weighted by atomic mass is 32.1. The van der Waals surface area contributed by atoms with Gasteiger partial charge < -0.3 is 0 Å². The van der Waals surface area contributed by atoms with Crippen LogP contribution in [0.25, 0.3) is 0 Å². The van der Waals surface area contributed by atoms with Crippen molar-refractivity contribution >= 4 is 12.6 Å². The van der Waals surface area contributed by atoms with Crippen molar-refractivity contribution in [3.8, 4) is 0 Å². The Bertz CT molecular complexity index is 201. The quantitative estimate of drug-likeness (QED) is 0.683. The molecule has 0 nitrogen and oxygen atoms in total. The molecular formula is C12H20S. The van der Waals surface area contributed by atoms with Crippen molar-refractivity contribution < 1.29 is 0 Å². The van der Waals surface area contributed by atoms with E-state index in [1.165, 1.54) is 24.8 Å². The Morgan fingerprint density at radius 2 is 1.62 bits per heavy atom. The number of hydrogen-bond acceptors (Lipinski definition) is 1. The van der Waals surface area contributed by atoms with Crippen molar-refractivity contribution in [2.45, 2.75) is 44.9 Å². The first kappa shape index (κ1) is 12.6. The maximum atomic E-state index is 4.22. The lowest BCUT2D eigenvalue weighted by Crippen LogP contribution is -1.82. The number of rotatable bonds is 3. The van der Waals surface area contributed by atoms with Crippen molar-refractivity contribution in [3.63, 3.8) is 0 Å². The Hall–Kier alpha value is -0.430. The molecule has 1 aromatic rings. The van der Waals surface area contributed by atoms with E-state index >= 15 is 0 Å². The second-order valence-electron chi connectivity index (χ2n) is 2.77. The molecule has 0 N–H and O–H groups in total. The van der Waals surface area contributed by atoms with E-state index in [0.29, 0.717) is 0 Å². The van der Waals surface area contributed by atoms with Crippen LogP contribution in [0.1, 0.15) is 39.2 Å². The molecule has 1 heteroatoms. The van der Waals surface area contributed by atoms with Crippen LogP contribution in [0.3, 0.4) is 0 Å². The third-order valence-electron chi connectivity index (χ3n) is 1.76. The molecule has 13 heavy (non-hydrogen) atoms. The highest BCUT2D eigenvalue weighted by molar-refractivity contribution is 7.80. The number of thiol groups is 1. The Balaban J connectivity index is 0.000000671. The normalized spacial score (nSPS) is 8.92. The van der Waals surface area contributed by atoms with Crippen molar-refractivity contribution in [2.75, 3.05) is 0 Å². The minimum absolute atomic E-state index is 1.05. The summed E-state index contributed by atoms with van der Waals surface area (Å²) >= 11 is 4.22. The third kappa shape index (κ3) is 5.75. The zero-order valence-electron chi connectivity index (χ0n) is 8.88. The maximum Gasteiger partial charge on any atom is 0.00401 e. The Morgan fingerprint density at radius 1 is 1.08 bits per heavy atom. The second-order valence-corrected chi connectivity index (χ2v) is 3.29. The smallest absolute Gasteiger partial charge is 0.00401 e. The molecule has 0 amide bonds. The second kappa shape index (κ2) is 8.18. The molecular weight excluding hydrogens is 176 g/mol. The Kier molecular flexibility index (Phi) is 7.91. The van der Waals surface area contributed by atoms with Gasteiger partial charge in [0, 0.05) is 4.90 Å². The summed E-state index contributed by atoms with van der Waals surface area (Å²) in [6.07, 6.45) is 3.75. The molecule has 0 spiro atoms. The first-order valence-electron chi connectivity index (χ1n) is 5.11. The molecule has 0 bridgehead atoms. The lowest BCUT2D eigenvalue weighted by atomic mass is 10.1. The van der Waals surface area contributed by atoms with E-state index in [1.807, 2.05) is 26.0 Å². The van der Waals surface area contributed by atoms with E-state index in [1.54, 1.807) is 0 Å². The summed E-state index contributed by atoms with van der Waals surface area (Å²) in [6, 6.07) is 8.40. The summed E-state index contributed by atoms with van der Waals surface area (Å²) in [4.78, 5) is 1.05. The van der Waals surface area contributed by atoms with Crippen molar-refractivity contribution in [1.29, 1.82) is 0 Å². The fraction of sp³-hybridized carbons (Fsp3) is 0.500. The van der Waals surface area contributed by atoms with Gasteiger partial charge in [-0.25, -0.2) is 0 Å². The molecule has 74 valence electrons. The fourth-order valence-electron chi connectivity index (χ4n) is 1.04. The average molecular weight is 196 g/mol. The van der Waals surface area contributed by atoms with Crippen molar-refractivity contribution in [3.05, 3.63) is 29.8 Å². The molecule has 0 unspecified atom stereocenters. The molecule has 1 aromatic carbocycles. The first-order valence-corrected chi connectivity index (χ1v) is 5.55. The highest BCUT2D eigenvalue weighted by Gasteiger charge is 1.90. The minimum atomic E-state index is 1.05.